The Hall–Kier alpha value is -1.65. The van der Waals surface area contributed by atoms with E-state index in [0.29, 0.717) is 13.2 Å². The van der Waals surface area contributed by atoms with Gasteiger partial charge in [-0.05, 0) is 25.0 Å². The number of aromatic nitrogens is 1. The lowest BCUT2D eigenvalue weighted by molar-refractivity contribution is -0.128. The molecule has 0 radical (unpaired) electrons. The van der Waals surface area contributed by atoms with Crippen molar-refractivity contribution >= 4 is 16.6 Å². The van der Waals surface area contributed by atoms with E-state index in [2.05, 4.69) is 25.2 Å². The van der Waals surface area contributed by atoms with Gasteiger partial charge in [-0.25, -0.2) is 0 Å². The van der Waals surface area contributed by atoms with Crippen molar-refractivity contribution in [1.82, 2.24) is 4.98 Å². The highest BCUT2D eigenvalue weighted by Crippen LogP contribution is 2.32. The first-order valence-corrected chi connectivity index (χ1v) is 7.50. The average molecular weight is 286 g/mol. The van der Waals surface area contributed by atoms with Gasteiger partial charge in [0.05, 0.1) is 30.8 Å². The molecule has 1 fully saturated rings. The number of aryl methyl sites for hydroxylation is 1. The molecule has 1 saturated heterocycles. The lowest BCUT2D eigenvalue weighted by atomic mass is 9.86. The van der Waals surface area contributed by atoms with Gasteiger partial charge >= 0.3 is 0 Å². The van der Waals surface area contributed by atoms with Gasteiger partial charge in [0.15, 0.2) is 0 Å². The zero-order valence-electron chi connectivity index (χ0n) is 12.6. The fourth-order valence-corrected chi connectivity index (χ4v) is 2.92. The van der Waals surface area contributed by atoms with Gasteiger partial charge in [0, 0.05) is 23.3 Å². The molecule has 1 aromatic heterocycles. The molecule has 0 unspecified atom stereocenters. The van der Waals surface area contributed by atoms with E-state index in [4.69, 9.17) is 9.72 Å². The first-order chi connectivity index (χ1) is 10.2. The van der Waals surface area contributed by atoms with Crippen LogP contribution in [0.25, 0.3) is 10.9 Å². The highest BCUT2D eigenvalue weighted by molar-refractivity contribution is 5.93. The molecule has 0 spiro atoms. The van der Waals surface area contributed by atoms with Crippen LogP contribution >= 0.6 is 0 Å². The molecule has 4 nitrogen and oxygen atoms in total. The minimum Gasteiger partial charge on any atom is -0.396 e. The average Bonchev–Trinajstić information content (AvgIpc) is 2.46. The van der Waals surface area contributed by atoms with Crippen molar-refractivity contribution in [3.8, 4) is 0 Å². The Labute approximate surface area is 125 Å². The Balaban J connectivity index is 1.99. The molecule has 2 aromatic rings. The lowest BCUT2D eigenvalue weighted by Crippen LogP contribution is -2.50. The van der Waals surface area contributed by atoms with Crippen LogP contribution in [0.5, 0.6) is 0 Å². The third-order valence-corrected chi connectivity index (χ3v) is 4.35. The van der Waals surface area contributed by atoms with Crippen LogP contribution in [0, 0.1) is 12.3 Å². The van der Waals surface area contributed by atoms with Crippen molar-refractivity contribution in [2.24, 2.45) is 5.41 Å². The first kappa shape index (κ1) is 14.3. The predicted octanol–water partition coefficient (Wildman–Crippen LogP) is 2.53. The summed E-state index contributed by atoms with van der Waals surface area (Å²) in [6.45, 7) is 6.34. The molecule has 1 aromatic carbocycles. The van der Waals surface area contributed by atoms with Gasteiger partial charge < -0.3 is 15.2 Å². The van der Waals surface area contributed by atoms with Crippen LogP contribution in [-0.4, -0.2) is 36.5 Å². The maximum Gasteiger partial charge on any atom is 0.0726 e. The summed E-state index contributed by atoms with van der Waals surface area (Å²) >= 11 is 0. The van der Waals surface area contributed by atoms with E-state index in [1.807, 2.05) is 18.2 Å². The number of aliphatic hydroxyl groups excluding tert-OH is 1. The van der Waals surface area contributed by atoms with Gasteiger partial charge in [-0.1, -0.05) is 25.1 Å². The molecule has 3 rings (SSSR count). The van der Waals surface area contributed by atoms with E-state index < -0.39 is 0 Å². The predicted molar refractivity (Wildman–Crippen MR) is 84.7 cm³/mol. The number of fused-ring (bicyclic) bond motifs is 1. The Kier molecular flexibility index (Phi) is 3.83. The Bertz CT molecular complexity index is 645. The highest BCUT2D eigenvalue weighted by atomic mass is 16.5. The third kappa shape index (κ3) is 2.49. The number of benzene rings is 1. The molecule has 0 saturated carbocycles. The SMILES string of the molecule is CCc1c(C)nc2ccccc2c1NCC1(CO)COC1. The normalized spacial score (nSPS) is 16.7. The number of aliphatic hydroxyl groups is 1. The number of hydrogen-bond donors (Lipinski definition) is 2. The second-order valence-corrected chi connectivity index (χ2v) is 5.93. The number of ether oxygens (including phenoxy) is 1. The molecular formula is C17H22N2O2. The fourth-order valence-electron chi connectivity index (χ4n) is 2.92. The molecule has 0 atom stereocenters. The molecule has 112 valence electrons. The van der Waals surface area contributed by atoms with Gasteiger partial charge in [0.25, 0.3) is 0 Å². The molecule has 1 aliphatic rings. The quantitative estimate of drug-likeness (QED) is 0.887. The first-order valence-electron chi connectivity index (χ1n) is 7.50. The van der Waals surface area contributed by atoms with Gasteiger partial charge in [-0.15, -0.1) is 0 Å². The Morgan fingerprint density at radius 2 is 2.10 bits per heavy atom. The summed E-state index contributed by atoms with van der Waals surface area (Å²) in [5, 5.41) is 14.3. The molecule has 4 heteroatoms. The monoisotopic (exact) mass is 286 g/mol. The molecule has 2 heterocycles. The van der Waals surface area contributed by atoms with E-state index >= 15 is 0 Å². The summed E-state index contributed by atoms with van der Waals surface area (Å²) < 4.78 is 5.27. The second-order valence-electron chi connectivity index (χ2n) is 5.93. The van der Waals surface area contributed by atoms with Crippen LogP contribution in [0.2, 0.25) is 0 Å². The van der Waals surface area contributed by atoms with Crippen molar-refractivity contribution in [3.63, 3.8) is 0 Å². The molecule has 1 aliphatic heterocycles. The lowest BCUT2D eigenvalue weighted by Gasteiger charge is -2.40. The zero-order valence-corrected chi connectivity index (χ0v) is 12.6. The van der Waals surface area contributed by atoms with Crippen molar-refractivity contribution in [2.45, 2.75) is 20.3 Å². The molecule has 0 aliphatic carbocycles. The molecule has 2 N–H and O–H groups in total. The van der Waals surface area contributed by atoms with Crippen molar-refractivity contribution < 1.29 is 9.84 Å². The van der Waals surface area contributed by atoms with E-state index in [1.54, 1.807) is 0 Å². The van der Waals surface area contributed by atoms with Crippen molar-refractivity contribution in [1.29, 1.82) is 0 Å². The zero-order chi connectivity index (χ0) is 14.9. The standard InChI is InChI=1S/C17H22N2O2/c1-3-13-12(2)19-15-7-5-4-6-14(15)16(13)18-8-17(9-20)10-21-11-17/h4-7,20H,3,8-11H2,1-2H3,(H,18,19). The number of anilines is 1. The number of nitrogens with zero attached hydrogens (tertiary/aromatic N) is 1. The minimum absolute atomic E-state index is 0.136. The van der Waals surface area contributed by atoms with Crippen LogP contribution in [0.1, 0.15) is 18.2 Å². The van der Waals surface area contributed by atoms with Crippen molar-refractivity contribution in [3.05, 3.63) is 35.5 Å². The number of rotatable bonds is 5. The summed E-state index contributed by atoms with van der Waals surface area (Å²) in [7, 11) is 0. The number of hydrogen-bond acceptors (Lipinski definition) is 4. The minimum atomic E-state index is -0.136. The Morgan fingerprint density at radius 1 is 1.33 bits per heavy atom. The summed E-state index contributed by atoms with van der Waals surface area (Å²) in [6.07, 6.45) is 0.939. The maximum atomic E-state index is 9.58. The maximum absolute atomic E-state index is 9.58. The smallest absolute Gasteiger partial charge is 0.0726 e. The van der Waals surface area contributed by atoms with Crippen LogP contribution in [0.3, 0.4) is 0 Å². The Morgan fingerprint density at radius 3 is 2.71 bits per heavy atom. The van der Waals surface area contributed by atoms with Crippen LogP contribution in [0.4, 0.5) is 5.69 Å². The molecule has 0 bridgehead atoms. The van der Waals surface area contributed by atoms with Gasteiger partial charge in [-0.2, -0.15) is 0 Å². The molecule has 21 heavy (non-hydrogen) atoms. The van der Waals surface area contributed by atoms with Crippen molar-refractivity contribution in [2.75, 3.05) is 31.7 Å². The fraction of sp³-hybridized carbons (Fsp3) is 0.471. The number of nitrogens with one attached hydrogen (secondary N) is 1. The largest absolute Gasteiger partial charge is 0.396 e. The van der Waals surface area contributed by atoms with Crippen LogP contribution in [-0.2, 0) is 11.2 Å². The van der Waals surface area contributed by atoms with Crippen LogP contribution < -0.4 is 5.32 Å². The molecular weight excluding hydrogens is 264 g/mol. The summed E-state index contributed by atoms with van der Waals surface area (Å²) in [6, 6.07) is 8.20. The third-order valence-electron chi connectivity index (χ3n) is 4.35. The summed E-state index contributed by atoms with van der Waals surface area (Å²) in [5.41, 5.74) is 4.35. The van der Waals surface area contributed by atoms with E-state index in [1.165, 1.54) is 5.56 Å². The van der Waals surface area contributed by atoms with E-state index in [0.717, 1.165) is 35.2 Å². The van der Waals surface area contributed by atoms with E-state index in [9.17, 15) is 5.11 Å². The van der Waals surface area contributed by atoms with Crippen LogP contribution in [0.15, 0.2) is 24.3 Å². The second kappa shape index (κ2) is 5.62. The summed E-state index contributed by atoms with van der Waals surface area (Å²) in [4.78, 5) is 4.69. The topological polar surface area (TPSA) is 54.4 Å². The number of para-hydroxylation sites is 1. The number of pyridine rings is 1. The van der Waals surface area contributed by atoms with Gasteiger partial charge in [0.2, 0.25) is 0 Å². The molecule has 0 amide bonds. The summed E-state index contributed by atoms with van der Waals surface area (Å²) in [5.74, 6) is 0. The van der Waals surface area contributed by atoms with Gasteiger partial charge in [0.1, 0.15) is 0 Å². The highest BCUT2D eigenvalue weighted by Gasteiger charge is 2.38. The van der Waals surface area contributed by atoms with Gasteiger partial charge in [-0.3, -0.25) is 4.98 Å². The van der Waals surface area contributed by atoms with E-state index in [-0.39, 0.29) is 12.0 Å².